The van der Waals surface area contributed by atoms with E-state index in [1.165, 1.54) is 24.9 Å². The molecule has 2 rings (SSSR count). The van der Waals surface area contributed by atoms with Crippen LogP contribution in [0, 0.1) is 5.92 Å². The first-order valence-corrected chi connectivity index (χ1v) is 7.91. The zero-order valence-electron chi connectivity index (χ0n) is 12.7. The molecular formula is C17H28N2O. The van der Waals surface area contributed by atoms with Crippen LogP contribution in [0.25, 0.3) is 0 Å². The molecule has 3 nitrogen and oxygen atoms in total. The molecule has 0 aromatic heterocycles. The zero-order chi connectivity index (χ0) is 14.2. The molecule has 20 heavy (non-hydrogen) atoms. The van der Waals surface area contributed by atoms with Crippen molar-refractivity contribution >= 4 is 0 Å². The smallest absolute Gasteiger partial charge is 0.0558 e. The number of aliphatic hydroxyl groups excluding tert-OH is 1. The van der Waals surface area contributed by atoms with E-state index in [0.29, 0.717) is 0 Å². The molecule has 1 saturated heterocycles. The number of hydrogen-bond donors (Lipinski definition) is 1. The molecule has 0 radical (unpaired) electrons. The van der Waals surface area contributed by atoms with Gasteiger partial charge in [-0.05, 0) is 37.4 Å². The number of nitrogens with zero attached hydrogens (tertiary/aromatic N) is 2. The highest BCUT2D eigenvalue weighted by Gasteiger charge is 2.21. The minimum Gasteiger partial charge on any atom is -0.395 e. The van der Waals surface area contributed by atoms with E-state index in [2.05, 4.69) is 47.1 Å². The topological polar surface area (TPSA) is 26.7 Å². The van der Waals surface area contributed by atoms with Gasteiger partial charge in [0.25, 0.3) is 0 Å². The fraction of sp³-hybridized carbons (Fsp3) is 0.647. The SMILES string of the molecule is CCN(Cc1ccccc1)CC1CCCN(CCO)C1. The lowest BCUT2D eigenvalue weighted by molar-refractivity contribution is 0.113. The zero-order valence-corrected chi connectivity index (χ0v) is 12.7. The molecule has 1 aliphatic heterocycles. The van der Waals surface area contributed by atoms with Gasteiger partial charge in [0, 0.05) is 26.2 Å². The third-order valence-corrected chi connectivity index (χ3v) is 4.23. The summed E-state index contributed by atoms with van der Waals surface area (Å²) >= 11 is 0. The van der Waals surface area contributed by atoms with E-state index in [4.69, 9.17) is 5.11 Å². The monoisotopic (exact) mass is 276 g/mol. The summed E-state index contributed by atoms with van der Waals surface area (Å²) in [5.74, 6) is 0.749. The molecule has 1 N–H and O–H groups in total. The van der Waals surface area contributed by atoms with Gasteiger partial charge in [-0.15, -0.1) is 0 Å². The normalized spacial score (nSPS) is 20.4. The van der Waals surface area contributed by atoms with Crippen LogP contribution in [0.2, 0.25) is 0 Å². The Morgan fingerprint density at radius 3 is 2.80 bits per heavy atom. The van der Waals surface area contributed by atoms with Crippen molar-refractivity contribution < 1.29 is 5.11 Å². The Hall–Kier alpha value is -0.900. The number of likely N-dealkylation sites (tertiary alicyclic amines) is 1. The lowest BCUT2D eigenvalue weighted by Crippen LogP contribution is -2.41. The molecule has 1 fully saturated rings. The summed E-state index contributed by atoms with van der Waals surface area (Å²) in [7, 11) is 0. The minimum absolute atomic E-state index is 0.286. The van der Waals surface area contributed by atoms with Crippen LogP contribution >= 0.6 is 0 Å². The maximum absolute atomic E-state index is 9.08. The first-order valence-electron chi connectivity index (χ1n) is 7.91. The predicted molar refractivity (Wildman–Crippen MR) is 83.6 cm³/mol. The van der Waals surface area contributed by atoms with Crippen LogP contribution in [0.3, 0.4) is 0 Å². The summed E-state index contributed by atoms with van der Waals surface area (Å²) in [6.07, 6.45) is 2.60. The fourth-order valence-corrected chi connectivity index (χ4v) is 3.16. The fourth-order valence-electron chi connectivity index (χ4n) is 3.16. The number of piperidine rings is 1. The van der Waals surface area contributed by atoms with Crippen LogP contribution in [0.5, 0.6) is 0 Å². The van der Waals surface area contributed by atoms with Crippen molar-refractivity contribution in [1.82, 2.24) is 9.80 Å². The summed E-state index contributed by atoms with van der Waals surface area (Å²) in [4.78, 5) is 4.95. The molecule has 3 heteroatoms. The second-order valence-corrected chi connectivity index (χ2v) is 5.85. The molecule has 1 heterocycles. The Bertz CT molecular complexity index is 367. The van der Waals surface area contributed by atoms with Crippen LogP contribution < -0.4 is 0 Å². The number of hydrogen-bond acceptors (Lipinski definition) is 3. The van der Waals surface area contributed by atoms with E-state index in [1.807, 2.05) is 0 Å². The van der Waals surface area contributed by atoms with Gasteiger partial charge in [0.15, 0.2) is 0 Å². The summed E-state index contributed by atoms with van der Waals surface area (Å²) in [5, 5.41) is 9.08. The lowest BCUT2D eigenvalue weighted by atomic mass is 9.97. The molecule has 0 bridgehead atoms. The Morgan fingerprint density at radius 1 is 1.30 bits per heavy atom. The van der Waals surface area contributed by atoms with E-state index in [9.17, 15) is 0 Å². The van der Waals surface area contributed by atoms with Crippen LogP contribution in [-0.2, 0) is 6.54 Å². The Labute approximate surface area is 123 Å². The highest BCUT2D eigenvalue weighted by Crippen LogP contribution is 2.18. The van der Waals surface area contributed by atoms with E-state index in [0.717, 1.165) is 38.6 Å². The van der Waals surface area contributed by atoms with Crippen molar-refractivity contribution in [3.05, 3.63) is 35.9 Å². The molecule has 0 aliphatic carbocycles. The molecular weight excluding hydrogens is 248 g/mol. The lowest BCUT2D eigenvalue weighted by Gasteiger charge is -2.35. The van der Waals surface area contributed by atoms with Crippen molar-refractivity contribution in [1.29, 1.82) is 0 Å². The molecule has 0 amide bonds. The summed E-state index contributed by atoms with van der Waals surface area (Å²) in [6.45, 7) is 8.99. The second kappa shape index (κ2) is 8.40. The average Bonchev–Trinajstić information content (AvgIpc) is 2.48. The molecule has 112 valence electrons. The predicted octanol–water partition coefficient (Wildman–Crippen LogP) is 2.21. The number of rotatable bonds is 7. The van der Waals surface area contributed by atoms with E-state index < -0.39 is 0 Å². The van der Waals surface area contributed by atoms with Gasteiger partial charge in [0.2, 0.25) is 0 Å². The van der Waals surface area contributed by atoms with Gasteiger partial charge < -0.3 is 10.0 Å². The van der Waals surface area contributed by atoms with Crippen molar-refractivity contribution in [2.45, 2.75) is 26.3 Å². The van der Waals surface area contributed by atoms with Crippen LogP contribution in [0.1, 0.15) is 25.3 Å². The molecule has 1 aromatic rings. The molecule has 1 unspecified atom stereocenters. The first-order chi connectivity index (χ1) is 9.81. The van der Waals surface area contributed by atoms with Crippen molar-refractivity contribution in [3.8, 4) is 0 Å². The summed E-state index contributed by atoms with van der Waals surface area (Å²) in [5.41, 5.74) is 1.40. The van der Waals surface area contributed by atoms with Crippen molar-refractivity contribution in [3.63, 3.8) is 0 Å². The molecule has 0 spiro atoms. The second-order valence-electron chi connectivity index (χ2n) is 5.85. The first kappa shape index (κ1) is 15.5. The quantitative estimate of drug-likeness (QED) is 0.827. The van der Waals surface area contributed by atoms with Gasteiger partial charge in [-0.2, -0.15) is 0 Å². The third-order valence-electron chi connectivity index (χ3n) is 4.23. The molecule has 1 aliphatic rings. The van der Waals surface area contributed by atoms with Crippen LogP contribution in [-0.4, -0.2) is 54.2 Å². The Balaban J connectivity index is 1.83. The van der Waals surface area contributed by atoms with E-state index in [1.54, 1.807) is 0 Å². The molecule has 1 aromatic carbocycles. The maximum atomic E-state index is 9.08. The average molecular weight is 276 g/mol. The van der Waals surface area contributed by atoms with Crippen molar-refractivity contribution in [2.75, 3.05) is 39.3 Å². The van der Waals surface area contributed by atoms with Crippen LogP contribution in [0.4, 0.5) is 0 Å². The number of β-amino-alcohol motifs (C(OH)–C–C–N with tert-alkyl or cyclic N) is 1. The van der Waals surface area contributed by atoms with E-state index >= 15 is 0 Å². The van der Waals surface area contributed by atoms with Crippen LogP contribution in [0.15, 0.2) is 30.3 Å². The van der Waals surface area contributed by atoms with Gasteiger partial charge in [-0.25, -0.2) is 0 Å². The molecule has 1 atom stereocenters. The van der Waals surface area contributed by atoms with Gasteiger partial charge in [0.1, 0.15) is 0 Å². The standard InChI is InChI=1S/C17H28N2O/c1-2-18(13-16-7-4-3-5-8-16)14-17-9-6-10-19(15-17)11-12-20/h3-5,7-8,17,20H,2,6,9-15H2,1H3. The van der Waals surface area contributed by atoms with Gasteiger partial charge in [-0.1, -0.05) is 37.3 Å². The minimum atomic E-state index is 0.286. The number of benzene rings is 1. The maximum Gasteiger partial charge on any atom is 0.0558 e. The van der Waals surface area contributed by atoms with Gasteiger partial charge >= 0.3 is 0 Å². The Kier molecular flexibility index (Phi) is 6.51. The highest BCUT2D eigenvalue weighted by molar-refractivity contribution is 5.14. The third kappa shape index (κ3) is 4.89. The Morgan fingerprint density at radius 2 is 2.10 bits per heavy atom. The van der Waals surface area contributed by atoms with Gasteiger partial charge in [0.05, 0.1) is 6.61 Å². The van der Waals surface area contributed by atoms with E-state index in [-0.39, 0.29) is 6.61 Å². The molecule has 0 saturated carbocycles. The summed E-state index contributed by atoms with van der Waals surface area (Å²) in [6, 6.07) is 10.7. The largest absolute Gasteiger partial charge is 0.395 e. The number of aliphatic hydroxyl groups is 1. The van der Waals surface area contributed by atoms with Gasteiger partial charge in [-0.3, -0.25) is 4.90 Å². The highest BCUT2D eigenvalue weighted by atomic mass is 16.3. The summed E-state index contributed by atoms with van der Waals surface area (Å²) < 4.78 is 0. The van der Waals surface area contributed by atoms with Crippen molar-refractivity contribution in [2.24, 2.45) is 5.92 Å².